The number of imidazole rings is 1. The number of aromatic nitrogens is 5. The minimum absolute atomic E-state index is 0.364. The third kappa shape index (κ3) is 3.98. The Kier molecular flexibility index (Phi) is 5.71. The van der Waals surface area contributed by atoms with Crippen molar-refractivity contribution in [1.82, 2.24) is 24.9 Å². The van der Waals surface area contributed by atoms with Gasteiger partial charge in [-0.15, -0.1) is 0 Å². The number of benzene rings is 2. The van der Waals surface area contributed by atoms with E-state index < -0.39 is 0 Å². The molecule has 5 aromatic rings. The van der Waals surface area contributed by atoms with Crippen LogP contribution < -0.4 is 15.4 Å². The Balaban J connectivity index is 0.00000117. The fraction of sp³-hybridized carbons (Fsp3) is 0.231. The highest BCUT2D eigenvalue weighted by Gasteiger charge is 2.20. The number of H-pyrrole nitrogens is 1. The van der Waals surface area contributed by atoms with Gasteiger partial charge in [0.05, 0.1) is 17.6 Å². The highest BCUT2D eigenvalue weighted by molar-refractivity contribution is 5.90. The van der Waals surface area contributed by atoms with Crippen molar-refractivity contribution in [2.45, 2.75) is 27.3 Å². The first-order valence-corrected chi connectivity index (χ1v) is 11.5. The quantitative estimate of drug-likeness (QED) is 0.392. The van der Waals surface area contributed by atoms with Gasteiger partial charge in [0.2, 0.25) is 0 Å². The van der Waals surface area contributed by atoms with E-state index in [9.17, 15) is 0 Å². The summed E-state index contributed by atoms with van der Waals surface area (Å²) >= 11 is 0. The van der Waals surface area contributed by atoms with Gasteiger partial charge in [-0.05, 0) is 42.8 Å². The maximum absolute atomic E-state index is 6.07. The fourth-order valence-electron chi connectivity index (χ4n) is 4.24. The van der Waals surface area contributed by atoms with Crippen LogP contribution >= 0.6 is 0 Å². The Morgan fingerprint density at radius 2 is 1.88 bits per heavy atom. The number of fused-ring (bicyclic) bond motifs is 3. The van der Waals surface area contributed by atoms with Gasteiger partial charge in [-0.25, -0.2) is 15.0 Å². The van der Waals surface area contributed by atoms with Crippen LogP contribution in [0.2, 0.25) is 0 Å². The lowest BCUT2D eigenvalue weighted by atomic mass is 10.0. The van der Waals surface area contributed by atoms with Gasteiger partial charge in [0, 0.05) is 29.3 Å². The predicted octanol–water partition coefficient (Wildman–Crippen LogP) is 4.88. The minimum Gasteiger partial charge on any atom is -0.491 e. The molecule has 0 unspecified atom stereocenters. The molecule has 172 valence electrons. The third-order valence-corrected chi connectivity index (χ3v) is 5.80. The van der Waals surface area contributed by atoms with Crippen LogP contribution in [0.1, 0.15) is 25.0 Å². The number of nitrogens with one attached hydrogen (secondary N) is 1. The zero-order valence-corrected chi connectivity index (χ0v) is 19.5. The van der Waals surface area contributed by atoms with Crippen LogP contribution in [0.4, 0.5) is 11.8 Å². The topological polar surface area (TPSA) is 106 Å². The average molecular weight is 454 g/mol. The molecule has 0 spiro atoms. The first-order valence-electron chi connectivity index (χ1n) is 11.5. The molecule has 4 heterocycles. The molecule has 34 heavy (non-hydrogen) atoms. The maximum Gasteiger partial charge on any atom is 0.200 e. The zero-order chi connectivity index (χ0) is 23.7. The standard InChI is InChI=1S/C24H21N7O.C2H6/c1-14-2-4-19-18(8-14)23(28-13-27-19)31-6-7-32-21-5-3-15(9-17(21)12-31)16-10-20-22(26-11-16)30-24(25)29-20;1-2/h2-5,8-11,13H,6-7,12H2,1H3,(H3,25,26,29,30);1-2H3. The van der Waals surface area contributed by atoms with E-state index in [1.54, 1.807) is 6.33 Å². The average Bonchev–Trinajstić information content (AvgIpc) is 3.10. The molecule has 0 fully saturated rings. The van der Waals surface area contributed by atoms with Crippen LogP contribution in [0.15, 0.2) is 55.0 Å². The molecule has 3 N–H and O–H groups in total. The Morgan fingerprint density at radius 3 is 2.76 bits per heavy atom. The summed E-state index contributed by atoms with van der Waals surface area (Å²) in [6.07, 6.45) is 3.45. The SMILES string of the molecule is CC.Cc1ccc2ncnc(N3CCOc4ccc(-c5cnc6nc(N)[nH]c6c5)cc4C3)c2c1. The van der Waals surface area contributed by atoms with Crippen molar-refractivity contribution in [2.24, 2.45) is 0 Å². The van der Waals surface area contributed by atoms with Crippen LogP contribution in [0.3, 0.4) is 0 Å². The van der Waals surface area contributed by atoms with Crippen molar-refractivity contribution in [1.29, 1.82) is 0 Å². The van der Waals surface area contributed by atoms with Gasteiger partial charge < -0.3 is 20.4 Å². The number of anilines is 2. The molecule has 0 saturated carbocycles. The van der Waals surface area contributed by atoms with Crippen LogP contribution in [-0.2, 0) is 6.54 Å². The number of pyridine rings is 1. The maximum atomic E-state index is 6.07. The molecule has 1 aliphatic heterocycles. The lowest BCUT2D eigenvalue weighted by Gasteiger charge is -2.22. The number of nitrogens with zero attached hydrogens (tertiary/aromatic N) is 5. The second kappa shape index (κ2) is 8.97. The Bertz CT molecular complexity index is 1480. The van der Waals surface area contributed by atoms with Crippen molar-refractivity contribution in [3.05, 3.63) is 66.1 Å². The summed E-state index contributed by atoms with van der Waals surface area (Å²) in [5.41, 5.74) is 12.5. The third-order valence-electron chi connectivity index (χ3n) is 5.80. The number of rotatable bonds is 2. The molecule has 8 heteroatoms. The van der Waals surface area contributed by atoms with E-state index in [1.807, 2.05) is 38.2 Å². The molecule has 0 atom stereocenters. The van der Waals surface area contributed by atoms with Crippen molar-refractivity contribution >= 4 is 33.8 Å². The molecule has 0 amide bonds. The van der Waals surface area contributed by atoms with E-state index in [1.165, 1.54) is 5.56 Å². The van der Waals surface area contributed by atoms with Crippen LogP contribution in [0, 0.1) is 6.92 Å². The molecule has 3 aromatic heterocycles. The number of aryl methyl sites for hydroxylation is 1. The van der Waals surface area contributed by atoms with Gasteiger partial charge in [0.1, 0.15) is 24.5 Å². The number of nitrogens with two attached hydrogens (primary N) is 1. The van der Waals surface area contributed by atoms with Gasteiger partial charge >= 0.3 is 0 Å². The van der Waals surface area contributed by atoms with Gasteiger partial charge in [0.15, 0.2) is 11.6 Å². The molecule has 0 saturated heterocycles. The predicted molar refractivity (Wildman–Crippen MR) is 136 cm³/mol. The molecule has 1 aliphatic rings. The Morgan fingerprint density at radius 1 is 1.00 bits per heavy atom. The van der Waals surface area contributed by atoms with E-state index in [0.29, 0.717) is 24.7 Å². The summed E-state index contributed by atoms with van der Waals surface area (Å²) in [6, 6.07) is 14.5. The summed E-state index contributed by atoms with van der Waals surface area (Å²) in [6.45, 7) is 8.10. The molecule has 0 radical (unpaired) electrons. The Labute approximate surface area is 197 Å². The second-order valence-corrected chi connectivity index (χ2v) is 8.03. The molecule has 2 aromatic carbocycles. The number of nitrogen functional groups attached to an aromatic ring is 1. The molecular formula is C26H27N7O. The van der Waals surface area contributed by atoms with E-state index in [2.05, 4.69) is 61.0 Å². The number of hydrogen-bond donors (Lipinski definition) is 2. The minimum atomic E-state index is 0.364. The lowest BCUT2D eigenvalue weighted by molar-refractivity contribution is 0.331. The number of hydrogen-bond acceptors (Lipinski definition) is 7. The zero-order valence-electron chi connectivity index (χ0n) is 19.5. The van der Waals surface area contributed by atoms with Gasteiger partial charge in [-0.1, -0.05) is 31.5 Å². The van der Waals surface area contributed by atoms with Gasteiger partial charge in [0.25, 0.3) is 0 Å². The summed E-state index contributed by atoms with van der Waals surface area (Å²) < 4.78 is 6.07. The summed E-state index contributed by atoms with van der Waals surface area (Å²) in [5, 5.41) is 1.05. The Hall–Kier alpha value is -4.20. The normalized spacial score (nSPS) is 13.1. The van der Waals surface area contributed by atoms with Crippen LogP contribution in [-0.4, -0.2) is 38.1 Å². The summed E-state index contributed by atoms with van der Waals surface area (Å²) in [5.74, 6) is 2.19. The van der Waals surface area contributed by atoms with Crippen LogP contribution in [0.25, 0.3) is 33.2 Å². The van der Waals surface area contributed by atoms with Gasteiger partial charge in [-0.3, -0.25) is 0 Å². The molecule has 8 nitrogen and oxygen atoms in total. The summed E-state index contributed by atoms with van der Waals surface area (Å²) in [4.78, 5) is 23.0. The van der Waals surface area contributed by atoms with Crippen molar-refractivity contribution in [3.8, 4) is 16.9 Å². The molecule has 6 rings (SSSR count). The smallest absolute Gasteiger partial charge is 0.200 e. The monoisotopic (exact) mass is 453 g/mol. The lowest BCUT2D eigenvalue weighted by Crippen LogP contribution is -2.26. The van der Waals surface area contributed by atoms with Crippen molar-refractivity contribution < 1.29 is 4.74 Å². The fourth-order valence-corrected chi connectivity index (χ4v) is 4.24. The first-order chi connectivity index (χ1) is 16.6. The number of aromatic amines is 1. The number of ether oxygens (including phenoxy) is 1. The second-order valence-electron chi connectivity index (χ2n) is 8.03. The van der Waals surface area contributed by atoms with E-state index in [4.69, 9.17) is 10.5 Å². The van der Waals surface area contributed by atoms with Crippen LogP contribution in [0.5, 0.6) is 5.75 Å². The molecule has 0 bridgehead atoms. The van der Waals surface area contributed by atoms with Gasteiger partial charge in [-0.2, -0.15) is 4.98 Å². The summed E-state index contributed by atoms with van der Waals surface area (Å²) in [7, 11) is 0. The first kappa shape index (κ1) is 21.6. The van der Waals surface area contributed by atoms with E-state index in [0.717, 1.165) is 51.2 Å². The van der Waals surface area contributed by atoms with E-state index in [-0.39, 0.29) is 0 Å². The largest absolute Gasteiger partial charge is 0.491 e. The van der Waals surface area contributed by atoms with Crippen molar-refractivity contribution in [3.63, 3.8) is 0 Å². The van der Waals surface area contributed by atoms with E-state index >= 15 is 0 Å². The highest BCUT2D eigenvalue weighted by atomic mass is 16.5. The highest BCUT2D eigenvalue weighted by Crippen LogP contribution is 2.33. The van der Waals surface area contributed by atoms with Crippen molar-refractivity contribution in [2.75, 3.05) is 23.8 Å². The molecule has 0 aliphatic carbocycles. The molecular weight excluding hydrogens is 426 g/mol.